The first-order valence-corrected chi connectivity index (χ1v) is 11.7. The fourth-order valence-corrected chi connectivity index (χ4v) is 4.76. The SMILES string of the molecule is NC1CCC(NC(=O)C2N(C(=O)c3cc(F)cc(F)c3)CCCN2C(=O)c2cc(F)cc(F)c2)CC1. The molecule has 0 spiro atoms. The Morgan fingerprint density at radius 3 is 1.56 bits per heavy atom. The molecule has 11 heteroatoms. The number of nitrogens with two attached hydrogens (primary N) is 1. The molecule has 36 heavy (non-hydrogen) atoms. The quantitative estimate of drug-likeness (QED) is 0.624. The van der Waals surface area contributed by atoms with Crippen LogP contribution in [0.15, 0.2) is 36.4 Å². The van der Waals surface area contributed by atoms with Gasteiger partial charge in [0, 0.05) is 48.4 Å². The Morgan fingerprint density at radius 1 is 0.722 bits per heavy atom. The van der Waals surface area contributed by atoms with Crippen LogP contribution in [-0.2, 0) is 4.79 Å². The van der Waals surface area contributed by atoms with Crippen LogP contribution in [0.2, 0.25) is 0 Å². The summed E-state index contributed by atoms with van der Waals surface area (Å²) in [5.74, 6) is -6.29. The van der Waals surface area contributed by atoms with E-state index in [-0.39, 0.29) is 42.7 Å². The number of hydrogen-bond donors (Lipinski definition) is 2. The summed E-state index contributed by atoms with van der Waals surface area (Å²) in [7, 11) is 0. The first-order valence-electron chi connectivity index (χ1n) is 11.7. The lowest BCUT2D eigenvalue weighted by molar-refractivity contribution is -0.133. The fourth-order valence-electron chi connectivity index (χ4n) is 4.76. The Balaban J connectivity index is 1.67. The van der Waals surface area contributed by atoms with Gasteiger partial charge in [0.05, 0.1) is 0 Å². The lowest BCUT2D eigenvalue weighted by Gasteiger charge is -2.43. The number of carbonyl (C=O) groups excluding carboxylic acids is 3. The van der Waals surface area contributed by atoms with Crippen LogP contribution in [0.4, 0.5) is 17.6 Å². The highest BCUT2D eigenvalue weighted by Crippen LogP contribution is 2.24. The van der Waals surface area contributed by atoms with Crippen molar-refractivity contribution in [1.82, 2.24) is 15.1 Å². The third-order valence-electron chi connectivity index (χ3n) is 6.48. The minimum atomic E-state index is -1.49. The number of nitrogens with one attached hydrogen (secondary N) is 1. The van der Waals surface area contributed by atoms with Crippen LogP contribution >= 0.6 is 0 Å². The van der Waals surface area contributed by atoms with Gasteiger partial charge in [-0.05, 0) is 56.4 Å². The van der Waals surface area contributed by atoms with Crippen LogP contribution in [-0.4, -0.2) is 58.9 Å². The summed E-state index contributed by atoms with van der Waals surface area (Å²) in [6.45, 7) is 0.0395. The zero-order valence-corrected chi connectivity index (χ0v) is 19.4. The Labute approximate surface area is 205 Å². The van der Waals surface area contributed by atoms with Gasteiger partial charge in [-0.25, -0.2) is 17.6 Å². The van der Waals surface area contributed by atoms with Gasteiger partial charge in [-0.3, -0.25) is 14.4 Å². The average Bonchev–Trinajstić information content (AvgIpc) is 2.82. The van der Waals surface area contributed by atoms with Gasteiger partial charge in [0.25, 0.3) is 17.7 Å². The number of hydrogen-bond acceptors (Lipinski definition) is 4. The Hall–Kier alpha value is -3.47. The van der Waals surface area contributed by atoms with Gasteiger partial charge in [0.15, 0.2) is 6.17 Å². The van der Waals surface area contributed by atoms with Crippen LogP contribution in [0.5, 0.6) is 0 Å². The molecule has 0 aromatic heterocycles. The molecule has 2 fully saturated rings. The van der Waals surface area contributed by atoms with Gasteiger partial charge in [-0.1, -0.05) is 0 Å². The smallest absolute Gasteiger partial charge is 0.264 e. The third kappa shape index (κ3) is 5.67. The van der Waals surface area contributed by atoms with E-state index >= 15 is 0 Å². The molecule has 1 aliphatic carbocycles. The second kappa shape index (κ2) is 10.7. The highest BCUT2D eigenvalue weighted by Gasteiger charge is 2.42. The van der Waals surface area contributed by atoms with Crippen LogP contribution in [0.25, 0.3) is 0 Å². The minimum Gasteiger partial charge on any atom is -0.350 e. The van der Waals surface area contributed by atoms with Crippen molar-refractivity contribution in [2.24, 2.45) is 5.73 Å². The molecule has 0 bridgehead atoms. The molecule has 2 aromatic rings. The summed E-state index contributed by atoms with van der Waals surface area (Å²) in [6.07, 6.45) is 1.32. The van der Waals surface area contributed by atoms with E-state index in [2.05, 4.69) is 5.32 Å². The van der Waals surface area contributed by atoms with Crippen LogP contribution in [0, 0.1) is 23.3 Å². The maximum Gasteiger partial charge on any atom is 0.264 e. The molecule has 0 radical (unpaired) electrons. The molecule has 4 rings (SSSR count). The molecule has 1 heterocycles. The molecule has 1 saturated heterocycles. The maximum absolute atomic E-state index is 13.8. The zero-order chi connectivity index (χ0) is 26.0. The van der Waals surface area contributed by atoms with E-state index < -0.39 is 47.2 Å². The Kier molecular flexibility index (Phi) is 7.58. The molecule has 3 N–H and O–H groups in total. The molecule has 3 amide bonds. The topological polar surface area (TPSA) is 95.7 Å². The molecule has 7 nitrogen and oxygen atoms in total. The third-order valence-corrected chi connectivity index (χ3v) is 6.48. The zero-order valence-electron chi connectivity index (χ0n) is 19.4. The van der Waals surface area contributed by atoms with Crippen molar-refractivity contribution < 1.29 is 31.9 Å². The van der Waals surface area contributed by atoms with Gasteiger partial charge < -0.3 is 20.9 Å². The molecular weight excluding hydrogens is 480 g/mol. The average molecular weight is 507 g/mol. The van der Waals surface area contributed by atoms with Gasteiger partial charge in [-0.2, -0.15) is 0 Å². The van der Waals surface area contributed by atoms with Crippen molar-refractivity contribution in [2.75, 3.05) is 13.1 Å². The van der Waals surface area contributed by atoms with Crippen molar-refractivity contribution in [3.05, 3.63) is 70.8 Å². The van der Waals surface area contributed by atoms with Gasteiger partial charge >= 0.3 is 0 Å². The Bertz CT molecular complexity index is 1060. The minimum absolute atomic E-state index is 0.0197. The van der Waals surface area contributed by atoms with E-state index in [1.807, 2.05) is 0 Å². The molecular formula is C25H26F4N4O3. The standard InChI is InChI=1S/C25H26F4N4O3/c26-16-8-14(9-17(27)12-16)24(35)32-6-1-7-33(25(36)15-10-18(28)13-19(29)11-15)23(32)22(34)31-21-4-2-20(30)3-5-21/h8-13,20-21,23H,1-7,30H2,(H,31,34). The molecule has 0 unspecified atom stereocenters. The van der Waals surface area contributed by atoms with Gasteiger partial charge in [0.1, 0.15) is 23.3 Å². The second-order valence-electron chi connectivity index (χ2n) is 9.16. The van der Waals surface area contributed by atoms with Crippen LogP contribution in [0.3, 0.4) is 0 Å². The summed E-state index contributed by atoms with van der Waals surface area (Å²) < 4.78 is 55.3. The number of carbonyl (C=O) groups is 3. The number of amides is 3. The van der Waals surface area contributed by atoms with E-state index in [9.17, 15) is 31.9 Å². The summed E-state index contributed by atoms with van der Waals surface area (Å²) >= 11 is 0. The van der Waals surface area contributed by atoms with E-state index in [1.165, 1.54) is 0 Å². The summed E-state index contributed by atoms with van der Waals surface area (Å²) in [6, 6.07) is 4.36. The predicted octanol–water partition coefficient (Wildman–Crippen LogP) is 2.94. The highest BCUT2D eigenvalue weighted by molar-refractivity contribution is 6.01. The van der Waals surface area contributed by atoms with Crippen molar-refractivity contribution in [1.29, 1.82) is 0 Å². The number of halogens is 4. The van der Waals surface area contributed by atoms with Crippen molar-refractivity contribution >= 4 is 17.7 Å². The molecule has 0 atom stereocenters. The van der Waals surface area contributed by atoms with Crippen LogP contribution < -0.4 is 11.1 Å². The fraction of sp³-hybridized carbons (Fsp3) is 0.400. The van der Waals surface area contributed by atoms with E-state index in [0.717, 1.165) is 34.1 Å². The van der Waals surface area contributed by atoms with Gasteiger partial charge in [-0.15, -0.1) is 0 Å². The number of rotatable bonds is 4. The summed E-state index contributed by atoms with van der Waals surface area (Å²) in [4.78, 5) is 42.2. The van der Waals surface area contributed by atoms with Crippen molar-refractivity contribution in [3.63, 3.8) is 0 Å². The van der Waals surface area contributed by atoms with E-state index in [0.29, 0.717) is 37.8 Å². The second-order valence-corrected chi connectivity index (χ2v) is 9.16. The van der Waals surface area contributed by atoms with Crippen LogP contribution in [0.1, 0.15) is 52.8 Å². The number of benzene rings is 2. The molecule has 192 valence electrons. The largest absolute Gasteiger partial charge is 0.350 e. The monoisotopic (exact) mass is 506 g/mol. The summed E-state index contributed by atoms with van der Waals surface area (Å²) in [5.41, 5.74) is 5.26. The molecule has 2 aromatic carbocycles. The molecule has 2 aliphatic rings. The lowest BCUT2D eigenvalue weighted by atomic mass is 9.91. The van der Waals surface area contributed by atoms with E-state index in [1.54, 1.807) is 0 Å². The molecule has 1 saturated carbocycles. The first kappa shape index (κ1) is 25.6. The van der Waals surface area contributed by atoms with Crippen molar-refractivity contribution in [2.45, 2.75) is 50.4 Å². The lowest BCUT2D eigenvalue weighted by Crippen LogP contribution is -2.64. The highest BCUT2D eigenvalue weighted by atomic mass is 19.1. The maximum atomic E-state index is 13.8. The summed E-state index contributed by atoms with van der Waals surface area (Å²) in [5, 5.41) is 2.85. The van der Waals surface area contributed by atoms with Gasteiger partial charge in [0.2, 0.25) is 0 Å². The first-order chi connectivity index (χ1) is 17.1. The Morgan fingerprint density at radius 2 is 1.14 bits per heavy atom. The number of nitrogens with zero attached hydrogens (tertiary/aromatic N) is 2. The predicted molar refractivity (Wildman–Crippen MR) is 122 cm³/mol. The van der Waals surface area contributed by atoms with Crippen molar-refractivity contribution in [3.8, 4) is 0 Å². The van der Waals surface area contributed by atoms with E-state index in [4.69, 9.17) is 5.73 Å². The molecule has 1 aliphatic heterocycles. The normalized spacial score (nSPS) is 20.8.